The maximum absolute atomic E-state index is 11.8. The molecule has 1 aromatic rings. The van der Waals surface area contributed by atoms with Gasteiger partial charge in [-0.2, -0.15) is 5.26 Å². The number of carbonyl (C=O) groups excluding carboxylic acids is 2. The highest BCUT2D eigenvalue weighted by Gasteiger charge is 2.30. The molecule has 0 fully saturated rings. The second kappa shape index (κ2) is 8.72. The van der Waals surface area contributed by atoms with Crippen LogP contribution in [0, 0.1) is 17.2 Å². The van der Waals surface area contributed by atoms with Crippen molar-refractivity contribution in [3.8, 4) is 6.07 Å². The van der Waals surface area contributed by atoms with Crippen LogP contribution in [-0.2, 0) is 14.3 Å². The summed E-state index contributed by atoms with van der Waals surface area (Å²) < 4.78 is 4.84. The van der Waals surface area contributed by atoms with Crippen LogP contribution in [0.2, 0.25) is 10.0 Å². The van der Waals surface area contributed by atoms with Gasteiger partial charge in [-0.05, 0) is 31.1 Å². The Morgan fingerprint density at radius 1 is 1.38 bits per heavy atom. The summed E-state index contributed by atoms with van der Waals surface area (Å²) in [5.74, 6) is -1.36. The first kappa shape index (κ1) is 20.0. The van der Waals surface area contributed by atoms with Gasteiger partial charge in [0, 0.05) is 21.7 Å². The van der Waals surface area contributed by atoms with Gasteiger partial charge in [-0.3, -0.25) is 4.79 Å². The van der Waals surface area contributed by atoms with Crippen molar-refractivity contribution in [3.63, 3.8) is 0 Å². The molecule has 0 aliphatic rings. The van der Waals surface area contributed by atoms with E-state index in [0.717, 1.165) is 6.08 Å². The molecule has 0 heterocycles. The highest BCUT2D eigenvalue weighted by atomic mass is 35.5. The molecule has 0 bridgehead atoms. The summed E-state index contributed by atoms with van der Waals surface area (Å²) in [7, 11) is 0. The molecule has 1 rings (SSSR count). The SMILES string of the molecule is CC(C)[C@](C)(C#N)NC(=O)COC(=O)/C=C/c1c(Cl)cccc1Cl. The van der Waals surface area contributed by atoms with Gasteiger partial charge in [-0.25, -0.2) is 4.79 Å². The summed E-state index contributed by atoms with van der Waals surface area (Å²) >= 11 is 12.0. The van der Waals surface area contributed by atoms with Crippen molar-refractivity contribution in [1.82, 2.24) is 5.32 Å². The Hall–Kier alpha value is -2.03. The first-order valence-electron chi connectivity index (χ1n) is 7.20. The van der Waals surface area contributed by atoms with Gasteiger partial charge in [-0.15, -0.1) is 0 Å². The number of rotatable bonds is 6. The molecule has 0 unspecified atom stereocenters. The summed E-state index contributed by atoms with van der Waals surface area (Å²) in [6.45, 7) is 4.75. The number of halogens is 2. The molecule has 5 nitrogen and oxygen atoms in total. The summed E-state index contributed by atoms with van der Waals surface area (Å²) in [6.07, 6.45) is 2.55. The third-order valence-corrected chi connectivity index (χ3v) is 4.18. The first-order valence-corrected chi connectivity index (χ1v) is 7.96. The molecule has 0 spiro atoms. The van der Waals surface area contributed by atoms with Crippen LogP contribution < -0.4 is 5.32 Å². The van der Waals surface area contributed by atoms with Crippen molar-refractivity contribution in [2.45, 2.75) is 26.3 Å². The Morgan fingerprint density at radius 3 is 2.46 bits per heavy atom. The van der Waals surface area contributed by atoms with Crippen LogP contribution in [-0.4, -0.2) is 24.0 Å². The van der Waals surface area contributed by atoms with E-state index >= 15 is 0 Å². The summed E-state index contributed by atoms with van der Waals surface area (Å²) in [5.41, 5.74) is -0.538. The molecular formula is C17H18Cl2N2O3. The molecule has 0 aliphatic carbocycles. The van der Waals surface area contributed by atoms with E-state index in [0.29, 0.717) is 15.6 Å². The smallest absolute Gasteiger partial charge is 0.331 e. The van der Waals surface area contributed by atoms with Gasteiger partial charge in [0.2, 0.25) is 0 Å². The molecule has 0 saturated carbocycles. The zero-order valence-electron chi connectivity index (χ0n) is 13.6. The average molecular weight is 369 g/mol. The minimum Gasteiger partial charge on any atom is -0.452 e. The lowest BCUT2D eigenvalue weighted by Gasteiger charge is -2.27. The minimum atomic E-state index is -1.02. The van der Waals surface area contributed by atoms with Crippen LogP contribution in [0.3, 0.4) is 0 Å². The number of nitrogens with zero attached hydrogens (tertiary/aromatic N) is 1. The number of hydrogen-bond donors (Lipinski definition) is 1. The van der Waals surface area contributed by atoms with Crippen molar-refractivity contribution < 1.29 is 14.3 Å². The molecule has 0 aliphatic heterocycles. The number of benzene rings is 1. The summed E-state index contributed by atoms with van der Waals surface area (Å²) in [4.78, 5) is 23.5. The predicted octanol–water partition coefficient (Wildman–Crippen LogP) is 3.60. The minimum absolute atomic E-state index is 0.0931. The van der Waals surface area contributed by atoms with Crippen molar-refractivity contribution in [3.05, 3.63) is 39.9 Å². The van der Waals surface area contributed by atoms with E-state index in [-0.39, 0.29) is 5.92 Å². The molecule has 1 aromatic carbocycles. The molecule has 0 aromatic heterocycles. The molecule has 24 heavy (non-hydrogen) atoms. The van der Waals surface area contributed by atoms with Gasteiger partial charge in [0.05, 0.1) is 6.07 Å². The Bertz CT molecular complexity index is 675. The van der Waals surface area contributed by atoms with Gasteiger partial charge >= 0.3 is 5.97 Å². The lowest BCUT2D eigenvalue weighted by atomic mass is 9.90. The summed E-state index contributed by atoms with van der Waals surface area (Å²) in [5, 5.41) is 12.5. The van der Waals surface area contributed by atoms with Gasteiger partial charge in [0.15, 0.2) is 6.61 Å². The van der Waals surface area contributed by atoms with E-state index < -0.39 is 24.0 Å². The van der Waals surface area contributed by atoms with Crippen LogP contribution in [0.25, 0.3) is 6.08 Å². The van der Waals surface area contributed by atoms with Crippen LogP contribution >= 0.6 is 23.2 Å². The fourth-order valence-electron chi connectivity index (χ4n) is 1.63. The lowest BCUT2D eigenvalue weighted by molar-refractivity contribution is -0.144. The fourth-order valence-corrected chi connectivity index (χ4v) is 2.16. The Labute approximate surface area is 151 Å². The highest BCUT2D eigenvalue weighted by molar-refractivity contribution is 6.37. The zero-order valence-corrected chi connectivity index (χ0v) is 15.1. The van der Waals surface area contributed by atoms with Crippen LogP contribution in [0.5, 0.6) is 0 Å². The quantitative estimate of drug-likeness (QED) is 0.614. The van der Waals surface area contributed by atoms with E-state index in [1.807, 2.05) is 19.9 Å². The van der Waals surface area contributed by atoms with Crippen molar-refractivity contribution in [2.75, 3.05) is 6.61 Å². The number of nitriles is 1. The van der Waals surface area contributed by atoms with Gasteiger partial charge in [0.25, 0.3) is 5.91 Å². The topological polar surface area (TPSA) is 79.2 Å². The number of amides is 1. The predicted molar refractivity (Wildman–Crippen MR) is 93.5 cm³/mol. The third kappa shape index (κ3) is 5.55. The van der Waals surface area contributed by atoms with Crippen molar-refractivity contribution in [1.29, 1.82) is 5.26 Å². The third-order valence-electron chi connectivity index (χ3n) is 3.52. The van der Waals surface area contributed by atoms with Crippen LogP contribution in [0.15, 0.2) is 24.3 Å². The fraction of sp³-hybridized carbons (Fsp3) is 0.353. The molecule has 0 radical (unpaired) electrons. The van der Waals surface area contributed by atoms with Gasteiger partial charge < -0.3 is 10.1 Å². The van der Waals surface area contributed by atoms with E-state index in [2.05, 4.69) is 5.32 Å². The standard InChI is InChI=1S/C17H18Cl2N2O3/c1-11(2)17(3,10-20)21-15(22)9-24-16(23)8-7-12-13(18)5-4-6-14(12)19/h4-8,11H,9H2,1-3H3,(H,21,22)/b8-7+/t17-/m0/s1. The summed E-state index contributed by atoms with van der Waals surface area (Å²) in [6, 6.07) is 7.00. The van der Waals surface area contributed by atoms with Crippen molar-refractivity contribution in [2.24, 2.45) is 5.92 Å². The molecule has 1 N–H and O–H groups in total. The Morgan fingerprint density at radius 2 is 1.96 bits per heavy atom. The number of ether oxygens (including phenoxy) is 1. The van der Waals surface area contributed by atoms with Gasteiger partial charge in [-0.1, -0.05) is 43.1 Å². The zero-order chi connectivity index (χ0) is 18.3. The number of carbonyl (C=O) groups is 2. The molecular weight excluding hydrogens is 351 g/mol. The lowest BCUT2D eigenvalue weighted by Crippen LogP contribution is -2.50. The number of esters is 1. The largest absolute Gasteiger partial charge is 0.452 e. The van der Waals surface area contributed by atoms with E-state index in [1.54, 1.807) is 25.1 Å². The maximum atomic E-state index is 11.8. The van der Waals surface area contributed by atoms with Gasteiger partial charge in [0.1, 0.15) is 5.54 Å². The number of nitrogens with one attached hydrogen (secondary N) is 1. The number of hydrogen-bond acceptors (Lipinski definition) is 4. The second-order valence-electron chi connectivity index (χ2n) is 5.59. The highest BCUT2D eigenvalue weighted by Crippen LogP contribution is 2.25. The molecule has 1 amide bonds. The normalized spacial score (nSPS) is 13.4. The monoisotopic (exact) mass is 368 g/mol. The molecule has 0 saturated heterocycles. The first-order chi connectivity index (χ1) is 11.2. The second-order valence-corrected chi connectivity index (χ2v) is 6.41. The van der Waals surface area contributed by atoms with E-state index in [9.17, 15) is 9.59 Å². The van der Waals surface area contributed by atoms with E-state index in [4.69, 9.17) is 33.2 Å². The van der Waals surface area contributed by atoms with E-state index in [1.165, 1.54) is 6.08 Å². The van der Waals surface area contributed by atoms with Crippen LogP contribution in [0.4, 0.5) is 0 Å². The molecule has 1 atom stereocenters. The average Bonchev–Trinajstić information content (AvgIpc) is 2.52. The molecule has 7 heteroatoms. The molecule has 128 valence electrons. The van der Waals surface area contributed by atoms with Crippen LogP contribution in [0.1, 0.15) is 26.3 Å². The van der Waals surface area contributed by atoms with Crippen molar-refractivity contribution >= 4 is 41.2 Å². The Kier molecular flexibility index (Phi) is 7.27. The maximum Gasteiger partial charge on any atom is 0.331 e. The Balaban J connectivity index is 2.60.